The normalized spacial score (nSPS) is 19.7. The van der Waals surface area contributed by atoms with Gasteiger partial charge in [0, 0.05) is 51.9 Å². The number of nitrogens with one attached hydrogen (secondary N) is 2. The minimum Gasteiger partial charge on any atom is -0.469 e. The Morgan fingerprint density at radius 3 is 2.31 bits per heavy atom. The number of ether oxygens (including phenoxy) is 1. The summed E-state index contributed by atoms with van der Waals surface area (Å²) >= 11 is 0. The van der Waals surface area contributed by atoms with Crippen molar-refractivity contribution in [2.45, 2.75) is 78.2 Å². The number of aryl methyl sites for hydroxylation is 1. The number of allylic oxidation sites excluding steroid dienone is 3. The van der Waals surface area contributed by atoms with Gasteiger partial charge in [0.05, 0.1) is 64.7 Å². The average molecular weight is 677 g/mol. The van der Waals surface area contributed by atoms with Crippen LogP contribution in [-0.2, 0) is 9.53 Å². The van der Waals surface area contributed by atoms with Gasteiger partial charge in [0.25, 0.3) is 0 Å². The standard InChI is InChI=1S/C41H40N8O2/c1-7-23-19(2)28-18-33-35(27-14-15-42-49-27)21(4)30(44-33)16-29-20(3)24(12-13-34(50)51-6)38(47-29)37-39-36(22(5)31(48-39)17-32(23)43-28)40-41(37)46-26-11-9-8-10-25(26)45-40/h8-11,16-18,20,24,27,47-48H,7,12-15H2,1-6H3/t20-,24-,27?/m0/s1. The third kappa shape index (κ3) is 4.79. The zero-order valence-electron chi connectivity index (χ0n) is 29.8. The zero-order valence-corrected chi connectivity index (χ0v) is 29.8. The molecule has 10 heteroatoms. The Labute approximate surface area is 296 Å². The van der Waals surface area contributed by atoms with Gasteiger partial charge in [-0.3, -0.25) is 4.79 Å². The minimum atomic E-state index is -0.222. The lowest BCUT2D eigenvalue weighted by Crippen LogP contribution is -2.08. The quantitative estimate of drug-likeness (QED) is 0.178. The Kier molecular flexibility index (Phi) is 7.27. The molecule has 1 unspecified atom stereocenters. The van der Waals surface area contributed by atoms with E-state index in [4.69, 9.17) is 24.7 Å². The van der Waals surface area contributed by atoms with Crippen molar-refractivity contribution in [1.29, 1.82) is 0 Å². The number of benzene rings is 1. The number of H-pyrrole nitrogens is 2. The van der Waals surface area contributed by atoms with Gasteiger partial charge in [0.15, 0.2) is 0 Å². The summed E-state index contributed by atoms with van der Waals surface area (Å²) in [5.74, 6) is -0.176. The van der Waals surface area contributed by atoms with Crippen LogP contribution in [-0.4, -0.2) is 55.6 Å². The summed E-state index contributed by atoms with van der Waals surface area (Å²) in [6.45, 7) is 11.6. The maximum absolute atomic E-state index is 12.6. The molecule has 3 atom stereocenters. The monoisotopic (exact) mass is 676 g/mol. The van der Waals surface area contributed by atoms with Crippen molar-refractivity contribution in [3.63, 3.8) is 0 Å². The van der Waals surface area contributed by atoms with Gasteiger partial charge < -0.3 is 14.7 Å². The van der Waals surface area contributed by atoms with Crippen molar-refractivity contribution in [3.8, 4) is 22.5 Å². The molecule has 9 rings (SSSR count). The minimum absolute atomic E-state index is 0.0123. The van der Waals surface area contributed by atoms with E-state index < -0.39 is 0 Å². The number of azo groups is 1. The van der Waals surface area contributed by atoms with Crippen LogP contribution in [0.1, 0.15) is 105 Å². The second-order valence-electron chi connectivity index (χ2n) is 14.2. The van der Waals surface area contributed by atoms with E-state index in [0.717, 1.165) is 114 Å². The molecule has 0 saturated heterocycles. The van der Waals surface area contributed by atoms with Crippen LogP contribution in [0, 0.1) is 6.92 Å². The van der Waals surface area contributed by atoms with Crippen molar-refractivity contribution in [2.24, 2.45) is 10.2 Å². The lowest BCUT2D eigenvalue weighted by Gasteiger charge is -2.17. The van der Waals surface area contributed by atoms with Gasteiger partial charge >= 0.3 is 5.97 Å². The molecule has 4 aliphatic heterocycles. The van der Waals surface area contributed by atoms with Crippen LogP contribution in [0.15, 0.2) is 52.7 Å². The second-order valence-corrected chi connectivity index (χ2v) is 14.2. The smallest absolute Gasteiger partial charge is 0.305 e. The van der Waals surface area contributed by atoms with Gasteiger partial charge in [-0.2, -0.15) is 10.2 Å². The highest BCUT2D eigenvalue weighted by atomic mass is 16.5. The molecule has 0 saturated carbocycles. The molecular weight excluding hydrogens is 637 g/mol. The van der Waals surface area contributed by atoms with Crippen LogP contribution in [0.2, 0.25) is 0 Å². The van der Waals surface area contributed by atoms with Gasteiger partial charge in [0.1, 0.15) is 5.69 Å². The van der Waals surface area contributed by atoms with E-state index in [0.29, 0.717) is 19.4 Å². The molecule has 2 N–H and O–H groups in total. The fraction of sp³-hybridized carbons (Fsp3) is 0.341. The van der Waals surface area contributed by atoms with Gasteiger partial charge in [-0.1, -0.05) is 26.0 Å². The SMILES string of the molecule is CCC1=C(C)c2cc3nc(cc4[nH]c(c5c6[nH]c(cc1n2)c(C)c6-c1nc2ccccc2nc1-5)[C@@H](CCC(=O)OC)[C@@H]4C)C(C)=C3C1CCN=N1. The highest BCUT2D eigenvalue weighted by Gasteiger charge is 2.37. The van der Waals surface area contributed by atoms with Crippen molar-refractivity contribution in [3.05, 3.63) is 82.2 Å². The first-order valence-corrected chi connectivity index (χ1v) is 17.9. The number of nitrogens with zero attached hydrogens (tertiary/aromatic N) is 6. The Hall–Kier alpha value is -5.51. The third-order valence-electron chi connectivity index (χ3n) is 11.4. The number of aromatic amines is 2. The Morgan fingerprint density at radius 2 is 1.61 bits per heavy atom. The molecule has 7 heterocycles. The topological polar surface area (TPSA) is 134 Å². The van der Waals surface area contributed by atoms with E-state index >= 15 is 0 Å². The molecular formula is C41H40N8O2. The molecule has 0 fully saturated rings. The van der Waals surface area contributed by atoms with Crippen LogP contribution in [0.25, 0.3) is 66.9 Å². The van der Waals surface area contributed by atoms with Crippen LogP contribution >= 0.6 is 0 Å². The third-order valence-corrected chi connectivity index (χ3v) is 11.4. The fourth-order valence-corrected chi connectivity index (χ4v) is 8.60. The second kappa shape index (κ2) is 11.8. The van der Waals surface area contributed by atoms with Crippen LogP contribution < -0.4 is 0 Å². The van der Waals surface area contributed by atoms with Gasteiger partial charge in [-0.05, 0) is 92.6 Å². The summed E-state index contributed by atoms with van der Waals surface area (Å²) in [4.78, 5) is 41.3. The lowest BCUT2D eigenvalue weighted by atomic mass is 9.85. The molecule has 10 nitrogen and oxygen atoms in total. The Morgan fingerprint density at radius 1 is 0.882 bits per heavy atom. The van der Waals surface area contributed by atoms with E-state index in [1.54, 1.807) is 0 Å². The van der Waals surface area contributed by atoms with E-state index in [-0.39, 0.29) is 23.8 Å². The number of hydrogen-bond donors (Lipinski definition) is 2. The maximum atomic E-state index is 12.6. The number of carbonyl (C=O) groups excluding carboxylic acids is 1. The highest BCUT2D eigenvalue weighted by molar-refractivity contribution is 6.09. The number of para-hydroxylation sites is 2. The Bertz CT molecular complexity index is 2500. The first-order chi connectivity index (χ1) is 24.7. The fourth-order valence-electron chi connectivity index (χ4n) is 8.60. The summed E-state index contributed by atoms with van der Waals surface area (Å²) in [5.41, 5.74) is 18.9. The van der Waals surface area contributed by atoms with Crippen molar-refractivity contribution in [2.75, 3.05) is 13.7 Å². The molecule has 256 valence electrons. The highest BCUT2D eigenvalue weighted by Crippen LogP contribution is 2.52. The number of carbonyl (C=O) groups is 1. The number of rotatable bonds is 5. The molecule has 0 amide bonds. The van der Waals surface area contributed by atoms with Crippen LogP contribution in [0.5, 0.6) is 0 Å². The van der Waals surface area contributed by atoms with Crippen molar-refractivity contribution < 1.29 is 9.53 Å². The zero-order chi connectivity index (χ0) is 35.1. The molecule has 3 aromatic heterocycles. The number of esters is 1. The number of aromatic nitrogens is 6. The van der Waals surface area contributed by atoms with E-state index in [1.807, 2.05) is 24.3 Å². The van der Waals surface area contributed by atoms with Gasteiger partial charge in [-0.15, -0.1) is 0 Å². The average Bonchev–Trinajstić information content (AvgIpc) is 3.97. The first kappa shape index (κ1) is 31.5. The van der Waals surface area contributed by atoms with Crippen LogP contribution in [0.3, 0.4) is 0 Å². The predicted octanol–water partition coefficient (Wildman–Crippen LogP) is 9.27. The number of hydrogen-bond acceptors (Lipinski definition) is 8. The molecule has 51 heavy (non-hydrogen) atoms. The lowest BCUT2D eigenvalue weighted by molar-refractivity contribution is -0.140. The Balaban J connectivity index is 1.42. The summed E-state index contributed by atoms with van der Waals surface area (Å²) in [7, 11) is 1.45. The predicted molar refractivity (Wildman–Crippen MR) is 200 cm³/mol. The largest absolute Gasteiger partial charge is 0.469 e. The summed E-state index contributed by atoms with van der Waals surface area (Å²) in [5, 5.41) is 9.00. The molecule has 0 radical (unpaired) electrons. The van der Waals surface area contributed by atoms with Gasteiger partial charge in [0.2, 0.25) is 0 Å². The molecule has 8 bridgehead atoms. The summed E-state index contributed by atoms with van der Waals surface area (Å²) in [6, 6.07) is 14.5. The molecule has 1 aromatic carbocycles. The number of methoxy groups -OCH3 is 1. The molecule has 5 aliphatic rings. The maximum Gasteiger partial charge on any atom is 0.305 e. The molecule has 4 aromatic rings. The van der Waals surface area contributed by atoms with E-state index in [1.165, 1.54) is 12.7 Å². The van der Waals surface area contributed by atoms with E-state index in [9.17, 15) is 4.79 Å². The summed E-state index contributed by atoms with van der Waals surface area (Å²) < 4.78 is 5.11. The van der Waals surface area contributed by atoms with Crippen molar-refractivity contribution >= 4 is 50.3 Å². The van der Waals surface area contributed by atoms with Gasteiger partial charge in [-0.25, -0.2) is 19.9 Å². The molecule has 0 spiro atoms. The van der Waals surface area contributed by atoms with E-state index in [2.05, 4.69) is 73.0 Å². The first-order valence-electron chi connectivity index (χ1n) is 17.9. The van der Waals surface area contributed by atoms with Crippen LogP contribution in [0.4, 0.5) is 0 Å². The number of fused-ring (bicyclic) bond motifs is 12. The summed E-state index contributed by atoms with van der Waals surface area (Å²) in [6.07, 6.45) is 2.63. The van der Waals surface area contributed by atoms with Crippen molar-refractivity contribution in [1.82, 2.24) is 29.9 Å². The molecule has 1 aliphatic carbocycles.